The Morgan fingerprint density at radius 2 is 1.89 bits per heavy atom. The first-order valence-electron chi connectivity index (χ1n) is 9.04. The highest BCUT2D eigenvalue weighted by molar-refractivity contribution is 7.98. The maximum Gasteiger partial charge on any atom is 0.279 e. The molecule has 1 aromatic heterocycles. The number of aromatic nitrogens is 1. The number of thiazole rings is 1. The highest BCUT2D eigenvalue weighted by atomic mass is 32.2. The molecule has 0 bridgehead atoms. The number of nitrogens with zero attached hydrogens (tertiary/aromatic N) is 2. The van der Waals surface area contributed by atoms with Crippen molar-refractivity contribution in [3.63, 3.8) is 0 Å². The third kappa shape index (κ3) is 4.77. The second-order valence-corrected chi connectivity index (χ2v) is 8.47. The van der Waals surface area contributed by atoms with Gasteiger partial charge in [0.2, 0.25) is 0 Å². The minimum absolute atomic E-state index is 0.0946. The fraction of sp³-hybridized carbons (Fsp3) is 0.333. The van der Waals surface area contributed by atoms with Crippen molar-refractivity contribution >= 4 is 39.2 Å². The van der Waals surface area contributed by atoms with Crippen LogP contribution in [0.5, 0.6) is 11.5 Å². The number of carbonyl (C=O) groups excluding carboxylic acids is 1. The van der Waals surface area contributed by atoms with Gasteiger partial charge in [0.05, 0.1) is 23.4 Å². The van der Waals surface area contributed by atoms with Gasteiger partial charge in [-0.1, -0.05) is 11.3 Å². The number of benzene rings is 2. The average Bonchev–Trinajstić information content (AvgIpc) is 3.02. The van der Waals surface area contributed by atoms with Crippen LogP contribution in [-0.2, 0) is 6.54 Å². The molecule has 1 amide bonds. The first-order chi connectivity index (χ1) is 13.5. The van der Waals surface area contributed by atoms with Gasteiger partial charge in [0, 0.05) is 17.9 Å². The van der Waals surface area contributed by atoms with Crippen LogP contribution in [0.1, 0.15) is 24.2 Å². The van der Waals surface area contributed by atoms with Crippen molar-refractivity contribution in [3.8, 4) is 11.5 Å². The second kappa shape index (κ2) is 9.30. The lowest BCUT2D eigenvalue weighted by molar-refractivity contribution is 0.0998. The van der Waals surface area contributed by atoms with Crippen LogP contribution in [0.15, 0.2) is 47.5 Å². The van der Waals surface area contributed by atoms with Crippen molar-refractivity contribution in [2.75, 3.05) is 19.1 Å². The van der Waals surface area contributed by atoms with E-state index < -0.39 is 0 Å². The number of rotatable bonds is 7. The van der Waals surface area contributed by atoms with E-state index in [0.29, 0.717) is 10.4 Å². The molecule has 0 unspecified atom stereocenters. The minimum Gasteiger partial charge on any atom is -0.497 e. The summed E-state index contributed by atoms with van der Waals surface area (Å²) < 4.78 is 14.1. The number of fused-ring (bicyclic) bond motifs is 1. The van der Waals surface area contributed by atoms with Gasteiger partial charge in [0.15, 0.2) is 4.80 Å². The fourth-order valence-electron chi connectivity index (χ4n) is 2.76. The Labute approximate surface area is 173 Å². The van der Waals surface area contributed by atoms with Gasteiger partial charge in [-0.2, -0.15) is 16.8 Å². The SMILES string of the molecule is COc1ccc2c(c1)sc(=NC(=O)c1ccc(OC(C)C)cc1)n2CCSC. The van der Waals surface area contributed by atoms with E-state index in [0.717, 1.165) is 34.0 Å². The van der Waals surface area contributed by atoms with E-state index in [2.05, 4.69) is 15.8 Å². The first kappa shape index (κ1) is 20.5. The number of aryl methyl sites for hydroxylation is 1. The number of methoxy groups -OCH3 is 1. The number of thioether (sulfide) groups is 1. The molecule has 0 saturated heterocycles. The first-order valence-corrected chi connectivity index (χ1v) is 11.2. The summed E-state index contributed by atoms with van der Waals surface area (Å²) in [5, 5.41) is 0. The Balaban J connectivity index is 1.98. The van der Waals surface area contributed by atoms with Gasteiger partial charge in [-0.15, -0.1) is 0 Å². The summed E-state index contributed by atoms with van der Waals surface area (Å²) in [4.78, 5) is 17.8. The van der Waals surface area contributed by atoms with Crippen LogP contribution >= 0.6 is 23.1 Å². The number of hydrogen-bond donors (Lipinski definition) is 0. The molecule has 0 aliphatic heterocycles. The third-order valence-corrected chi connectivity index (χ3v) is 5.71. The Morgan fingerprint density at radius 1 is 1.18 bits per heavy atom. The fourth-order valence-corrected chi connectivity index (χ4v) is 4.21. The Morgan fingerprint density at radius 3 is 2.54 bits per heavy atom. The number of hydrogen-bond acceptors (Lipinski definition) is 5. The second-order valence-electron chi connectivity index (χ2n) is 6.47. The standard InChI is InChI=1S/C21H24N2O3S2/c1-14(2)26-16-7-5-15(6-8-16)20(24)22-21-23(11-12-27-4)18-10-9-17(25-3)13-19(18)28-21/h5-10,13-14H,11-12H2,1-4H3. The lowest BCUT2D eigenvalue weighted by Gasteiger charge is -2.09. The van der Waals surface area contributed by atoms with E-state index in [-0.39, 0.29) is 12.0 Å². The predicted octanol–water partition coefficient (Wildman–Crippen LogP) is 4.60. The Bertz CT molecular complexity index is 1020. The van der Waals surface area contributed by atoms with E-state index >= 15 is 0 Å². The molecule has 0 spiro atoms. The van der Waals surface area contributed by atoms with Crippen molar-refractivity contribution in [1.29, 1.82) is 0 Å². The summed E-state index contributed by atoms with van der Waals surface area (Å²) in [5.74, 6) is 2.23. The molecule has 0 N–H and O–H groups in total. The van der Waals surface area contributed by atoms with E-state index in [1.54, 1.807) is 43.1 Å². The summed E-state index contributed by atoms with van der Waals surface area (Å²) in [6.07, 6.45) is 2.16. The monoisotopic (exact) mass is 416 g/mol. The van der Waals surface area contributed by atoms with Crippen LogP contribution in [0.4, 0.5) is 0 Å². The lowest BCUT2D eigenvalue weighted by Crippen LogP contribution is -2.18. The molecule has 7 heteroatoms. The normalized spacial score (nSPS) is 12.0. The lowest BCUT2D eigenvalue weighted by atomic mass is 10.2. The topological polar surface area (TPSA) is 52.8 Å². The van der Waals surface area contributed by atoms with Crippen molar-refractivity contribution in [2.45, 2.75) is 26.5 Å². The van der Waals surface area contributed by atoms with Crippen LogP contribution in [0.3, 0.4) is 0 Å². The van der Waals surface area contributed by atoms with Crippen LogP contribution in [0.25, 0.3) is 10.2 Å². The Kier molecular flexibility index (Phi) is 6.80. The summed E-state index contributed by atoms with van der Waals surface area (Å²) in [7, 11) is 1.65. The molecule has 1 heterocycles. The molecule has 0 aliphatic rings. The van der Waals surface area contributed by atoms with Crippen molar-refractivity contribution < 1.29 is 14.3 Å². The molecule has 5 nitrogen and oxygen atoms in total. The molecule has 3 aromatic rings. The molecule has 0 atom stereocenters. The van der Waals surface area contributed by atoms with Gasteiger partial charge in [-0.25, -0.2) is 0 Å². The molecule has 0 radical (unpaired) electrons. The maximum atomic E-state index is 12.7. The average molecular weight is 417 g/mol. The van der Waals surface area contributed by atoms with E-state index in [4.69, 9.17) is 9.47 Å². The zero-order chi connectivity index (χ0) is 20.1. The van der Waals surface area contributed by atoms with Gasteiger partial charge in [-0.05, 0) is 62.6 Å². The quantitative estimate of drug-likeness (QED) is 0.565. The van der Waals surface area contributed by atoms with E-state index in [1.807, 2.05) is 32.0 Å². The minimum atomic E-state index is -0.257. The van der Waals surface area contributed by atoms with Gasteiger partial charge in [0.1, 0.15) is 11.5 Å². The highest BCUT2D eigenvalue weighted by Crippen LogP contribution is 2.23. The number of ether oxygens (including phenoxy) is 2. The molecule has 0 aliphatic carbocycles. The van der Waals surface area contributed by atoms with Crippen molar-refractivity contribution in [3.05, 3.63) is 52.8 Å². The molecule has 28 heavy (non-hydrogen) atoms. The molecule has 148 valence electrons. The molecule has 2 aromatic carbocycles. The van der Waals surface area contributed by atoms with Crippen molar-refractivity contribution in [1.82, 2.24) is 4.57 Å². The highest BCUT2D eigenvalue weighted by Gasteiger charge is 2.10. The summed E-state index contributed by atoms with van der Waals surface area (Å²) in [6, 6.07) is 13.1. The van der Waals surface area contributed by atoms with Crippen LogP contribution in [-0.4, -0.2) is 35.7 Å². The predicted molar refractivity (Wildman–Crippen MR) is 117 cm³/mol. The summed E-state index contributed by atoms with van der Waals surface area (Å²) >= 11 is 3.26. The molecule has 0 saturated carbocycles. The Hall–Kier alpha value is -2.25. The van der Waals surface area contributed by atoms with Gasteiger partial charge in [-0.3, -0.25) is 4.79 Å². The van der Waals surface area contributed by atoms with Crippen LogP contribution < -0.4 is 14.3 Å². The molecular formula is C21H24N2O3S2. The smallest absolute Gasteiger partial charge is 0.279 e. The molecular weight excluding hydrogens is 392 g/mol. The van der Waals surface area contributed by atoms with E-state index in [1.165, 1.54) is 11.3 Å². The molecule has 0 fully saturated rings. The van der Waals surface area contributed by atoms with Gasteiger partial charge in [0.25, 0.3) is 5.91 Å². The van der Waals surface area contributed by atoms with Crippen LogP contribution in [0.2, 0.25) is 0 Å². The maximum absolute atomic E-state index is 12.7. The molecule has 3 rings (SSSR count). The van der Waals surface area contributed by atoms with Gasteiger partial charge < -0.3 is 14.0 Å². The zero-order valence-electron chi connectivity index (χ0n) is 16.5. The van der Waals surface area contributed by atoms with Crippen LogP contribution in [0, 0.1) is 0 Å². The van der Waals surface area contributed by atoms with Gasteiger partial charge >= 0.3 is 0 Å². The van der Waals surface area contributed by atoms with Crippen molar-refractivity contribution in [2.24, 2.45) is 4.99 Å². The largest absolute Gasteiger partial charge is 0.497 e. The summed E-state index contributed by atoms with van der Waals surface area (Å²) in [5.41, 5.74) is 1.61. The zero-order valence-corrected chi connectivity index (χ0v) is 18.1. The van der Waals surface area contributed by atoms with E-state index in [9.17, 15) is 4.79 Å². The third-order valence-electron chi connectivity index (χ3n) is 4.08. The number of amides is 1. The summed E-state index contributed by atoms with van der Waals surface area (Å²) in [6.45, 7) is 4.73. The number of carbonyl (C=O) groups is 1.